The number of benzene rings is 1. The summed E-state index contributed by atoms with van der Waals surface area (Å²) in [6.45, 7) is 3.94. The molecule has 19 heavy (non-hydrogen) atoms. The summed E-state index contributed by atoms with van der Waals surface area (Å²) in [5.74, 6) is 0. The van der Waals surface area contributed by atoms with Gasteiger partial charge in [0.2, 0.25) is 5.55 Å². The first-order chi connectivity index (χ1) is 9.10. The smallest absolute Gasteiger partial charge is 0.366 e. The van der Waals surface area contributed by atoms with Gasteiger partial charge in [-0.1, -0.05) is 18.2 Å². The van der Waals surface area contributed by atoms with Crippen molar-refractivity contribution in [2.45, 2.75) is 13.8 Å². The van der Waals surface area contributed by atoms with Crippen LogP contribution in [0.1, 0.15) is 13.8 Å². The van der Waals surface area contributed by atoms with Crippen LogP contribution in [-0.4, -0.2) is 13.2 Å². The van der Waals surface area contributed by atoms with Crippen LogP contribution in [0.25, 0.3) is 11.0 Å². The van der Waals surface area contributed by atoms with Crippen molar-refractivity contribution in [3.8, 4) is 0 Å². The van der Waals surface area contributed by atoms with Crippen molar-refractivity contribution < 1.29 is 18.0 Å². The van der Waals surface area contributed by atoms with Gasteiger partial charge in [-0.05, 0) is 26.0 Å². The van der Waals surface area contributed by atoms with Crippen LogP contribution >= 0.6 is 7.60 Å². The Balaban J connectivity index is 2.63. The molecular weight excluding hydrogens is 265 g/mol. The van der Waals surface area contributed by atoms with E-state index in [2.05, 4.69) is 0 Å². The topological polar surface area (TPSA) is 72.5 Å². The van der Waals surface area contributed by atoms with E-state index in [1.807, 2.05) is 18.2 Å². The average Bonchev–Trinajstić information content (AvgIpc) is 2.38. The van der Waals surface area contributed by atoms with Crippen LogP contribution in [0.5, 0.6) is 0 Å². The molecule has 5 nitrogen and oxygen atoms in total. The Morgan fingerprint density at radius 1 is 1.21 bits per heavy atom. The molecule has 2 rings (SSSR count). The zero-order valence-corrected chi connectivity index (χ0v) is 11.8. The molecule has 0 atom stereocenters. The van der Waals surface area contributed by atoms with Crippen LogP contribution in [0.15, 0.2) is 34.7 Å². The van der Waals surface area contributed by atoms with Gasteiger partial charge in [-0.3, -0.25) is 9.97 Å². The zero-order valence-electron chi connectivity index (χ0n) is 10.9. The first-order valence-electron chi connectivity index (χ1n) is 6.08. The number of hydrogen-bond donors (Lipinski definition) is 1. The van der Waals surface area contributed by atoms with Crippen molar-refractivity contribution >= 4 is 23.9 Å². The Morgan fingerprint density at radius 3 is 2.47 bits per heavy atom. The highest BCUT2D eigenvalue weighted by molar-refractivity contribution is 7.62. The molecule has 6 heteroatoms. The molecule has 2 aromatic rings. The van der Waals surface area contributed by atoms with Gasteiger partial charge >= 0.3 is 7.60 Å². The molecule has 0 unspecified atom stereocenters. The molecule has 0 saturated carbocycles. The van der Waals surface area contributed by atoms with Crippen molar-refractivity contribution in [1.82, 2.24) is 0 Å². The van der Waals surface area contributed by atoms with E-state index in [0.29, 0.717) is 5.58 Å². The quantitative estimate of drug-likeness (QED) is 0.855. The summed E-state index contributed by atoms with van der Waals surface area (Å²) in [6.07, 6.45) is 0. The van der Waals surface area contributed by atoms with E-state index in [0.717, 1.165) is 5.39 Å². The second-order valence-corrected chi connectivity index (χ2v) is 5.82. The predicted octanol–water partition coefficient (Wildman–Crippen LogP) is 2.80. The Labute approximate surface area is 111 Å². The van der Waals surface area contributed by atoms with E-state index in [4.69, 9.17) is 18.9 Å². The van der Waals surface area contributed by atoms with Gasteiger partial charge in [-0.25, -0.2) is 0 Å². The van der Waals surface area contributed by atoms with Crippen molar-refractivity contribution in [3.05, 3.63) is 35.9 Å². The van der Waals surface area contributed by atoms with Crippen LogP contribution in [0.2, 0.25) is 0 Å². The predicted molar refractivity (Wildman–Crippen MR) is 72.6 cm³/mol. The lowest BCUT2D eigenvalue weighted by Gasteiger charge is -2.16. The number of para-hydroxylation sites is 1. The minimum atomic E-state index is -3.49. The SMILES string of the molecule is CCOP(=O)(OCC)c1cc2ccccc2oc1=N. The highest BCUT2D eigenvalue weighted by Gasteiger charge is 2.30. The Morgan fingerprint density at radius 2 is 1.84 bits per heavy atom. The molecular formula is C13H16NO4P. The second-order valence-electron chi connectivity index (χ2n) is 3.83. The zero-order chi connectivity index (χ0) is 13.9. The van der Waals surface area contributed by atoms with E-state index in [1.54, 1.807) is 26.0 Å². The van der Waals surface area contributed by atoms with Crippen molar-refractivity contribution in [1.29, 1.82) is 5.41 Å². The number of hydrogen-bond acceptors (Lipinski definition) is 5. The van der Waals surface area contributed by atoms with Crippen molar-refractivity contribution in [3.63, 3.8) is 0 Å². The molecule has 0 bridgehead atoms. The Hall–Kier alpha value is -1.42. The Bertz CT molecular complexity index is 670. The average molecular weight is 281 g/mol. The summed E-state index contributed by atoms with van der Waals surface area (Å²) < 4.78 is 28.5. The second kappa shape index (κ2) is 5.70. The summed E-state index contributed by atoms with van der Waals surface area (Å²) in [7, 11) is -3.49. The van der Waals surface area contributed by atoms with Crippen LogP contribution in [0, 0.1) is 5.41 Å². The largest absolute Gasteiger partial charge is 0.438 e. The maximum absolute atomic E-state index is 12.7. The molecule has 1 aromatic carbocycles. The molecule has 0 aliphatic heterocycles. The fourth-order valence-electron chi connectivity index (χ4n) is 1.79. The van der Waals surface area contributed by atoms with E-state index in [1.165, 1.54) is 0 Å². The maximum Gasteiger partial charge on any atom is 0.366 e. The standard InChI is InChI=1S/C13H16NO4P/c1-3-16-19(15,17-4-2)12-9-10-7-5-6-8-11(10)18-13(12)14/h5-9,14H,3-4H2,1-2H3. The van der Waals surface area contributed by atoms with Gasteiger partial charge in [-0.2, -0.15) is 0 Å². The number of fused-ring (bicyclic) bond motifs is 1. The molecule has 0 radical (unpaired) electrons. The number of rotatable bonds is 5. The van der Waals surface area contributed by atoms with Crippen molar-refractivity contribution in [2.75, 3.05) is 13.2 Å². The van der Waals surface area contributed by atoms with Gasteiger partial charge in [0.1, 0.15) is 10.9 Å². The van der Waals surface area contributed by atoms with Gasteiger partial charge < -0.3 is 13.5 Å². The minimum absolute atomic E-state index is 0.162. The van der Waals surface area contributed by atoms with E-state index in [9.17, 15) is 4.57 Å². The summed E-state index contributed by atoms with van der Waals surface area (Å²) in [5, 5.41) is 8.79. The summed E-state index contributed by atoms with van der Waals surface area (Å²) in [4.78, 5) is 0. The van der Waals surface area contributed by atoms with Gasteiger partial charge in [0.05, 0.1) is 13.2 Å². The third kappa shape index (κ3) is 2.78. The highest BCUT2D eigenvalue weighted by Crippen LogP contribution is 2.46. The molecule has 1 N–H and O–H groups in total. The fraction of sp³-hybridized carbons (Fsp3) is 0.308. The molecule has 102 valence electrons. The maximum atomic E-state index is 12.7. The normalized spacial score (nSPS) is 11.9. The van der Waals surface area contributed by atoms with Crippen molar-refractivity contribution in [2.24, 2.45) is 0 Å². The molecule has 0 amide bonds. The summed E-state index contributed by atoms with van der Waals surface area (Å²) in [6, 6.07) is 8.87. The highest BCUT2D eigenvalue weighted by atomic mass is 31.2. The third-order valence-corrected chi connectivity index (χ3v) is 4.67. The number of nitrogens with one attached hydrogen (secondary N) is 1. The molecule has 0 aliphatic carbocycles. The van der Waals surface area contributed by atoms with Gasteiger partial charge in [0.25, 0.3) is 0 Å². The van der Waals surface area contributed by atoms with E-state index < -0.39 is 7.60 Å². The molecule has 1 heterocycles. The molecule has 0 aliphatic rings. The van der Waals surface area contributed by atoms with Gasteiger partial charge in [0, 0.05) is 5.39 Å². The minimum Gasteiger partial charge on any atom is -0.438 e. The lowest BCUT2D eigenvalue weighted by molar-refractivity contribution is 0.229. The van der Waals surface area contributed by atoms with Crippen LogP contribution in [-0.2, 0) is 13.6 Å². The van der Waals surface area contributed by atoms with Crippen LogP contribution in [0.3, 0.4) is 0 Å². The first kappa shape index (κ1) is 14.0. The van der Waals surface area contributed by atoms with Gasteiger partial charge in [-0.15, -0.1) is 0 Å². The summed E-state index contributed by atoms with van der Waals surface area (Å²) >= 11 is 0. The monoisotopic (exact) mass is 281 g/mol. The van der Waals surface area contributed by atoms with E-state index >= 15 is 0 Å². The molecule has 1 aromatic heterocycles. The fourth-order valence-corrected chi connectivity index (χ4v) is 3.41. The van der Waals surface area contributed by atoms with Crippen LogP contribution in [0.4, 0.5) is 0 Å². The van der Waals surface area contributed by atoms with Crippen LogP contribution < -0.4 is 10.9 Å². The third-order valence-electron chi connectivity index (χ3n) is 2.55. The summed E-state index contributed by atoms with van der Waals surface area (Å²) in [5.41, 5.74) is 0.375. The van der Waals surface area contributed by atoms with Gasteiger partial charge in [0.15, 0.2) is 0 Å². The molecule has 0 spiro atoms. The Kier molecular flexibility index (Phi) is 4.20. The molecule has 0 saturated heterocycles. The lowest BCUT2D eigenvalue weighted by atomic mass is 10.2. The lowest BCUT2D eigenvalue weighted by Crippen LogP contribution is -2.26. The first-order valence-corrected chi connectivity index (χ1v) is 7.62. The molecule has 0 fully saturated rings. The van der Waals surface area contributed by atoms with E-state index in [-0.39, 0.29) is 24.1 Å².